The predicted octanol–water partition coefficient (Wildman–Crippen LogP) is 2.98. The Morgan fingerprint density at radius 3 is 2.56 bits per heavy atom. The Hall–Kier alpha value is -3.72. The number of nitrogens with zero attached hydrogens (tertiary/aromatic N) is 3. The van der Waals surface area contributed by atoms with Gasteiger partial charge in [-0.25, -0.2) is 0 Å². The lowest BCUT2D eigenvalue weighted by Crippen LogP contribution is -2.32. The summed E-state index contributed by atoms with van der Waals surface area (Å²) in [6.45, 7) is 0.936. The number of ketones is 1. The lowest BCUT2D eigenvalue weighted by molar-refractivity contribution is -0.384. The molecule has 9 nitrogen and oxygen atoms in total. The van der Waals surface area contributed by atoms with Gasteiger partial charge >= 0.3 is 0 Å². The third kappa shape index (κ3) is 4.62. The van der Waals surface area contributed by atoms with E-state index in [1.54, 1.807) is 30.3 Å². The number of aliphatic hydroxyl groups is 1. The number of nitro groups is 1. The highest BCUT2D eigenvalue weighted by molar-refractivity contribution is 6.46. The molecule has 2 aromatic rings. The molecule has 1 amide bonds. The summed E-state index contributed by atoms with van der Waals surface area (Å²) < 4.78 is 5.19. The number of hydrogen-bond acceptors (Lipinski definition) is 7. The smallest absolute Gasteiger partial charge is 0.295 e. The molecule has 1 unspecified atom stereocenters. The molecule has 1 atom stereocenters. The maximum absolute atomic E-state index is 13.0. The Morgan fingerprint density at radius 1 is 1.19 bits per heavy atom. The van der Waals surface area contributed by atoms with Crippen LogP contribution in [-0.4, -0.2) is 65.8 Å². The van der Waals surface area contributed by atoms with E-state index in [9.17, 15) is 24.8 Å². The fourth-order valence-electron chi connectivity index (χ4n) is 3.75. The minimum absolute atomic E-state index is 0.103. The minimum Gasteiger partial charge on any atom is -0.507 e. The number of nitro benzene ring substituents is 1. The molecular formula is C23H25N3O6. The van der Waals surface area contributed by atoms with Crippen molar-refractivity contribution in [1.29, 1.82) is 0 Å². The average Bonchev–Trinajstić information content (AvgIpc) is 3.03. The van der Waals surface area contributed by atoms with E-state index in [-0.39, 0.29) is 23.6 Å². The standard InChI is InChI=1S/C23H25N3O6/c1-24(2)11-6-12-25-20(15-7-4-9-17(13-15)26(30)31)19(22(28)23(25)29)21(27)16-8-5-10-18(14-16)32-3/h4-5,7-10,13-14,20,27H,6,11-12H2,1-3H3/b21-19+. The van der Waals surface area contributed by atoms with Crippen LogP contribution < -0.4 is 4.74 Å². The molecule has 0 bridgehead atoms. The van der Waals surface area contributed by atoms with Crippen LogP contribution in [0.2, 0.25) is 0 Å². The number of carbonyl (C=O) groups is 2. The summed E-state index contributed by atoms with van der Waals surface area (Å²) in [4.78, 5) is 40.0. The summed E-state index contributed by atoms with van der Waals surface area (Å²) in [5, 5.41) is 22.4. The zero-order valence-corrected chi connectivity index (χ0v) is 18.1. The highest BCUT2D eigenvalue weighted by Crippen LogP contribution is 2.40. The van der Waals surface area contributed by atoms with Crippen molar-refractivity contribution in [1.82, 2.24) is 9.80 Å². The van der Waals surface area contributed by atoms with Crippen molar-refractivity contribution in [3.8, 4) is 5.75 Å². The third-order valence-electron chi connectivity index (χ3n) is 5.28. The summed E-state index contributed by atoms with van der Waals surface area (Å²) in [5.41, 5.74) is 0.426. The van der Waals surface area contributed by atoms with Crippen molar-refractivity contribution in [2.45, 2.75) is 12.5 Å². The van der Waals surface area contributed by atoms with Crippen LogP contribution in [0.1, 0.15) is 23.6 Å². The van der Waals surface area contributed by atoms with Gasteiger partial charge in [0.2, 0.25) is 0 Å². The van der Waals surface area contributed by atoms with Crippen LogP contribution in [-0.2, 0) is 9.59 Å². The summed E-state index contributed by atoms with van der Waals surface area (Å²) in [7, 11) is 5.27. The van der Waals surface area contributed by atoms with Gasteiger partial charge in [0, 0.05) is 24.2 Å². The van der Waals surface area contributed by atoms with Crippen molar-refractivity contribution in [2.24, 2.45) is 0 Å². The summed E-state index contributed by atoms with van der Waals surface area (Å²) in [6, 6.07) is 11.3. The number of carbonyl (C=O) groups excluding carboxylic acids is 2. The molecule has 2 aromatic carbocycles. The first-order valence-corrected chi connectivity index (χ1v) is 10.1. The van der Waals surface area contributed by atoms with Gasteiger partial charge in [0.1, 0.15) is 11.5 Å². The van der Waals surface area contributed by atoms with E-state index in [4.69, 9.17) is 4.74 Å². The normalized spacial score (nSPS) is 17.8. The fraction of sp³-hybridized carbons (Fsp3) is 0.304. The van der Waals surface area contributed by atoms with Crippen molar-refractivity contribution in [3.63, 3.8) is 0 Å². The predicted molar refractivity (Wildman–Crippen MR) is 118 cm³/mol. The molecule has 32 heavy (non-hydrogen) atoms. The van der Waals surface area contributed by atoms with Gasteiger partial charge in [0.05, 0.1) is 23.6 Å². The van der Waals surface area contributed by atoms with E-state index >= 15 is 0 Å². The summed E-state index contributed by atoms with van der Waals surface area (Å²) >= 11 is 0. The summed E-state index contributed by atoms with van der Waals surface area (Å²) in [6.07, 6.45) is 0.588. The van der Waals surface area contributed by atoms with Gasteiger partial charge in [-0.1, -0.05) is 24.3 Å². The van der Waals surface area contributed by atoms with Gasteiger partial charge in [-0.05, 0) is 44.8 Å². The van der Waals surface area contributed by atoms with E-state index in [1.165, 1.54) is 30.2 Å². The largest absolute Gasteiger partial charge is 0.507 e. The first kappa shape index (κ1) is 23.0. The number of rotatable bonds is 8. The second kappa shape index (κ2) is 9.61. The van der Waals surface area contributed by atoms with Crippen molar-refractivity contribution < 1.29 is 24.4 Å². The van der Waals surface area contributed by atoms with Gasteiger partial charge < -0.3 is 19.6 Å². The van der Waals surface area contributed by atoms with Gasteiger partial charge in [-0.15, -0.1) is 0 Å². The first-order valence-electron chi connectivity index (χ1n) is 10.1. The van der Waals surface area contributed by atoms with E-state index in [0.717, 1.165) is 0 Å². The van der Waals surface area contributed by atoms with Crippen LogP contribution in [0.15, 0.2) is 54.1 Å². The maximum Gasteiger partial charge on any atom is 0.295 e. The molecule has 0 aromatic heterocycles. The molecule has 1 aliphatic rings. The van der Waals surface area contributed by atoms with E-state index in [0.29, 0.717) is 29.8 Å². The molecule has 0 aliphatic carbocycles. The second-order valence-corrected chi connectivity index (χ2v) is 7.73. The van der Waals surface area contributed by atoms with Gasteiger partial charge in [-0.2, -0.15) is 0 Å². The number of ether oxygens (including phenoxy) is 1. The molecule has 0 radical (unpaired) electrons. The Bertz CT molecular complexity index is 1080. The number of aliphatic hydroxyl groups excluding tert-OH is 1. The molecular weight excluding hydrogens is 414 g/mol. The average molecular weight is 439 g/mol. The molecule has 1 N–H and O–H groups in total. The van der Waals surface area contributed by atoms with Crippen LogP contribution in [0.5, 0.6) is 5.75 Å². The van der Waals surface area contributed by atoms with Crippen molar-refractivity contribution >= 4 is 23.1 Å². The zero-order chi connectivity index (χ0) is 23.4. The molecule has 9 heteroatoms. The Morgan fingerprint density at radius 2 is 1.91 bits per heavy atom. The SMILES string of the molecule is COc1cccc(/C(O)=C2\C(=O)C(=O)N(CCCN(C)C)C2c2cccc([N+](=O)[O-])c2)c1. The highest BCUT2D eigenvalue weighted by atomic mass is 16.6. The number of likely N-dealkylation sites (tertiary alicyclic amines) is 1. The molecule has 0 spiro atoms. The second-order valence-electron chi connectivity index (χ2n) is 7.73. The van der Waals surface area contributed by atoms with Crippen LogP contribution >= 0.6 is 0 Å². The minimum atomic E-state index is -0.941. The third-order valence-corrected chi connectivity index (χ3v) is 5.28. The fourth-order valence-corrected chi connectivity index (χ4v) is 3.75. The van der Waals surface area contributed by atoms with Crippen LogP contribution in [0.3, 0.4) is 0 Å². The van der Waals surface area contributed by atoms with Gasteiger partial charge in [-0.3, -0.25) is 19.7 Å². The zero-order valence-electron chi connectivity index (χ0n) is 18.1. The maximum atomic E-state index is 13.0. The number of amides is 1. The van der Waals surface area contributed by atoms with Crippen molar-refractivity contribution in [3.05, 3.63) is 75.3 Å². The molecule has 1 aliphatic heterocycles. The molecule has 3 rings (SSSR count). The summed E-state index contributed by atoms with van der Waals surface area (Å²) in [5.74, 6) is -1.45. The monoisotopic (exact) mass is 439 g/mol. The van der Waals surface area contributed by atoms with E-state index in [2.05, 4.69) is 0 Å². The Labute approximate surface area is 185 Å². The van der Waals surface area contributed by atoms with Crippen LogP contribution in [0.4, 0.5) is 5.69 Å². The van der Waals surface area contributed by atoms with Crippen LogP contribution in [0, 0.1) is 10.1 Å². The molecule has 1 heterocycles. The highest BCUT2D eigenvalue weighted by Gasteiger charge is 2.46. The Balaban J connectivity index is 2.14. The lowest BCUT2D eigenvalue weighted by atomic mass is 9.95. The topological polar surface area (TPSA) is 113 Å². The molecule has 1 saturated heterocycles. The number of Topliss-reactive ketones (excluding diaryl/α,β-unsaturated/α-hetero) is 1. The molecule has 168 valence electrons. The molecule has 1 fully saturated rings. The number of hydrogen-bond donors (Lipinski definition) is 1. The van der Waals surface area contributed by atoms with Gasteiger partial charge in [0.25, 0.3) is 17.4 Å². The molecule has 0 saturated carbocycles. The Kier molecular flexibility index (Phi) is 6.89. The number of non-ortho nitro benzene ring substituents is 1. The lowest BCUT2D eigenvalue weighted by Gasteiger charge is -2.25. The number of methoxy groups -OCH3 is 1. The van der Waals surface area contributed by atoms with Crippen molar-refractivity contribution in [2.75, 3.05) is 34.3 Å². The van der Waals surface area contributed by atoms with E-state index < -0.39 is 22.7 Å². The first-order chi connectivity index (χ1) is 15.2. The number of benzene rings is 2. The van der Waals surface area contributed by atoms with E-state index in [1.807, 2.05) is 19.0 Å². The van der Waals surface area contributed by atoms with Crippen LogP contribution in [0.25, 0.3) is 5.76 Å². The quantitative estimate of drug-likeness (QED) is 0.221. The van der Waals surface area contributed by atoms with Gasteiger partial charge in [0.15, 0.2) is 0 Å².